The summed E-state index contributed by atoms with van der Waals surface area (Å²) in [5.74, 6) is 1.53. The van der Waals surface area contributed by atoms with Gasteiger partial charge in [-0.3, -0.25) is 10.1 Å². The number of aliphatic hydroxyl groups excluding tert-OH is 2. The number of hydrogen-bond acceptors (Lipinski definition) is 5. The van der Waals surface area contributed by atoms with Gasteiger partial charge in [0.1, 0.15) is 0 Å². The lowest BCUT2D eigenvalue weighted by Crippen LogP contribution is -2.47. The maximum atomic E-state index is 11.8. The van der Waals surface area contributed by atoms with Crippen LogP contribution in [-0.2, 0) is 4.79 Å². The average molecular weight is 220 g/mol. The molecule has 14 heavy (non-hydrogen) atoms. The van der Waals surface area contributed by atoms with Gasteiger partial charge in [-0.15, -0.1) is 11.8 Å². The fraction of sp³-hybridized carbons (Fsp3) is 0.875. The van der Waals surface area contributed by atoms with Crippen LogP contribution in [0.2, 0.25) is 0 Å². The molecule has 0 aromatic rings. The Morgan fingerprint density at radius 3 is 2.50 bits per heavy atom. The third-order valence-electron chi connectivity index (χ3n) is 2.07. The first kappa shape index (κ1) is 11.8. The first-order valence-corrected chi connectivity index (χ1v) is 5.76. The van der Waals surface area contributed by atoms with Crippen molar-refractivity contribution in [1.82, 2.24) is 10.2 Å². The molecule has 0 bridgehead atoms. The summed E-state index contributed by atoms with van der Waals surface area (Å²) < 4.78 is 0. The predicted octanol–water partition coefficient (Wildman–Crippen LogP) is -1.54. The van der Waals surface area contributed by atoms with Gasteiger partial charge in [-0.1, -0.05) is 0 Å². The second kappa shape index (κ2) is 6.23. The highest BCUT2D eigenvalue weighted by molar-refractivity contribution is 7.99. The van der Waals surface area contributed by atoms with E-state index in [1.807, 2.05) is 0 Å². The Morgan fingerprint density at radius 1 is 1.43 bits per heavy atom. The molecule has 1 aliphatic rings. The summed E-state index contributed by atoms with van der Waals surface area (Å²) in [5.41, 5.74) is 0. The van der Waals surface area contributed by atoms with Gasteiger partial charge in [0.05, 0.1) is 19.3 Å². The van der Waals surface area contributed by atoms with Crippen molar-refractivity contribution in [3.05, 3.63) is 0 Å². The normalized spacial score (nSPS) is 21.1. The van der Waals surface area contributed by atoms with Gasteiger partial charge in [-0.2, -0.15) is 0 Å². The van der Waals surface area contributed by atoms with Crippen LogP contribution in [0.15, 0.2) is 0 Å². The maximum Gasteiger partial charge on any atom is 0.240 e. The van der Waals surface area contributed by atoms with Gasteiger partial charge in [0.15, 0.2) is 0 Å². The summed E-state index contributed by atoms with van der Waals surface area (Å²) in [6.07, 6.45) is 0. The molecule has 5 nitrogen and oxygen atoms in total. The molecule has 1 aliphatic heterocycles. The molecule has 0 aliphatic carbocycles. The zero-order valence-corrected chi connectivity index (χ0v) is 8.79. The van der Waals surface area contributed by atoms with E-state index in [-0.39, 0.29) is 25.2 Å². The number of hydrogen-bond donors (Lipinski definition) is 3. The van der Waals surface area contributed by atoms with Crippen LogP contribution in [-0.4, -0.2) is 65.0 Å². The van der Waals surface area contributed by atoms with Crippen molar-refractivity contribution >= 4 is 17.7 Å². The summed E-state index contributed by atoms with van der Waals surface area (Å²) in [6, 6.07) is -0.155. The summed E-state index contributed by atoms with van der Waals surface area (Å²) in [4.78, 5) is 13.2. The molecule has 1 saturated heterocycles. The molecule has 0 radical (unpaired) electrons. The second-order valence-corrected chi connectivity index (χ2v) is 4.07. The number of carbonyl (C=O) groups is 1. The van der Waals surface area contributed by atoms with E-state index in [0.29, 0.717) is 13.1 Å². The molecule has 0 aromatic heterocycles. The smallest absolute Gasteiger partial charge is 0.240 e. The Morgan fingerprint density at radius 2 is 2.07 bits per heavy atom. The van der Waals surface area contributed by atoms with E-state index in [9.17, 15) is 4.79 Å². The Balaban J connectivity index is 2.43. The Bertz CT molecular complexity index is 179. The molecular weight excluding hydrogens is 204 g/mol. The highest BCUT2D eigenvalue weighted by atomic mass is 32.2. The summed E-state index contributed by atoms with van der Waals surface area (Å²) in [6.45, 7) is 0.460. The summed E-state index contributed by atoms with van der Waals surface area (Å²) >= 11 is 1.68. The van der Waals surface area contributed by atoms with E-state index in [1.165, 1.54) is 4.90 Å². The van der Waals surface area contributed by atoms with Crippen LogP contribution >= 0.6 is 11.8 Å². The molecule has 1 amide bonds. The lowest BCUT2D eigenvalue weighted by Gasteiger charge is -2.23. The van der Waals surface area contributed by atoms with Crippen molar-refractivity contribution in [1.29, 1.82) is 0 Å². The first-order valence-electron chi connectivity index (χ1n) is 4.61. The van der Waals surface area contributed by atoms with E-state index in [1.54, 1.807) is 11.8 Å². The molecule has 1 heterocycles. The predicted molar refractivity (Wildman–Crippen MR) is 55.0 cm³/mol. The van der Waals surface area contributed by atoms with Crippen LogP contribution in [0.3, 0.4) is 0 Å². The quantitative estimate of drug-likeness (QED) is 0.524. The minimum Gasteiger partial charge on any atom is -0.395 e. The highest BCUT2D eigenvalue weighted by Gasteiger charge is 2.26. The Kier molecular flexibility index (Phi) is 5.24. The summed E-state index contributed by atoms with van der Waals surface area (Å²) in [5, 5.41) is 20.6. The zero-order valence-electron chi connectivity index (χ0n) is 7.98. The SMILES string of the molecule is O=C(C1CSCN1)N(CCO)CCO. The van der Waals surface area contributed by atoms with Crippen LogP contribution in [0.1, 0.15) is 0 Å². The average Bonchev–Trinajstić information content (AvgIpc) is 2.69. The monoisotopic (exact) mass is 220 g/mol. The van der Waals surface area contributed by atoms with Crippen LogP contribution in [0.25, 0.3) is 0 Å². The van der Waals surface area contributed by atoms with Gasteiger partial charge in [-0.25, -0.2) is 0 Å². The van der Waals surface area contributed by atoms with Crippen LogP contribution in [0, 0.1) is 0 Å². The van der Waals surface area contributed by atoms with Gasteiger partial charge in [-0.05, 0) is 0 Å². The molecule has 0 aromatic carbocycles. The molecular formula is C8H16N2O3S. The fourth-order valence-corrected chi connectivity index (χ4v) is 2.28. The highest BCUT2D eigenvalue weighted by Crippen LogP contribution is 2.11. The van der Waals surface area contributed by atoms with Crippen LogP contribution in [0.4, 0.5) is 0 Å². The third kappa shape index (κ3) is 3.13. The number of nitrogens with one attached hydrogen (secondary N) is 1. The molecule has 1 unspecified atom stereocenters. The summed E-state index contributed by atoms with van der Waals surface area (Å²) in [7, 11) is 0. The third-order valence-corrected chi connectivity index (χ3v) is 3.01. The minimum absolute atomic E-state index is 0.0295. The lowest BCUT2D eigenvalue weighted by molar-refractivity contribution is -0.133. The second-order valence-electron chi connectivity index (χ2n) is 3.04. The molecule has 1 rings (SSSR count). The molecule has 1 fully saturated rings. The molecule has 3 N–H and O–H groups in total. The van der Waals surface area contributed by atoms with Crippen molar-refractivity contribution in [2.75, 3.05) is 37.9 Å². The van der Waals surface area contributed by atoms with E-state index >= 15 is 0 Å². The standard InChI is InChI=1S/C8H16N2O3S/c11-3-1-10(2-4-12)8(13)7-5-14-6-9-7/h7,9,11-12H,1-6H2. The van der Waals surface area contributed by atoms with Crippen molar-refractivity contribution < 1.29 is 15.0 Å². The molecule has 0 spiro atoms. The number of rotatable bonds is 5. The zero-order chi connectivity index (χ0) is 10.4. The van der Waals surface area contributed by atoms with E-state index < -0.39 is 0 Å². The van der Waals surface area contributed by atoms with Gasteiger partial charge < -0.3 is 15.1 Å². The number of aliphatic hydroxyl groups is 2. The van der Waals surface area contributed by atoms with Crippen LogP contribution < -0.4 is 5.32 Å². The van der Waals surface area contributed by atoms with E-state index in [0.717, 1.165) is 11.6 Å². The molecule has 1 atom stereocenters. The molecule has 82 valence electrons. The Hall–Kier alpha value is -0.300. The number of amides is 1. The van der Waals surface area contributed by atoms with Crippen molar-refractivity contribution in [2.24, 2.45) is 0 Å². The molecule has 6 heteroatoms. The van der Waals surface area contributed by atoms with E-state index in [2.05, 4.69) is 5.32 Å². The largest absolute Gasteiger partial charge is 0.395 e. The first-order chi connectivity index (χ1) is 6.79. The van der Waals surface area contributed by atoms with Crippen molar-refractivity contribution in [3.63, 3.8) is 0 Å². The van der Waals surface area contributed by atoms with Gasteiger partial charge >= 0.3 is 0 Å². The topological polar surface area (TPSA) is 72.8 Å². The number of thioether (sulfide) groups is 1. The number of nitrogens with zero attached hydrogens (tertiary/aromatic N) is 1. The van der Waals surface area contributed by atoms with Crippen molar-refractivity contribution in [3.8, 4) is 0 Å². The van der Waals surface area contributed by atoms with Gasteiger partial charge in [0.2, 0.25) is 5.91 Å². The lowest BCUT2D eigenvalue weighted by atomic mass is 10.3. The fourth-order valence-electron chi connectivity index (χ4n) is 1.35. The van der Waals surface area contributed by atoms with Gasteiger partial charge in [0, 0.05) is 24.7 Å². The minimum atomic E-state index is -0.155. The maximum absolute atomic E-state index is 11.8. The van der Waals surface area contributed by atoms with Gasteiger partial charge in [0.25, 0.3) is 0 Å². The van der Waals surface area contributed by atoms with E-state index in [4.69, 9.17) is 10.2 Å². The van der Waals surface area contributed by atoms with Crippen LogP contribution in [0.5, 0.6) is 0 Å². The number of carbonyl (C=O) groups excluding carboxylic acids is 1. The molecule has 0 saturated carbocycles. The Labute approximate surface area is 87.5 Å². The van der Waals surface area contributed by atoms with Crippen molar-refractivity contribution in [2.45, 2.75) is 6.04 Å².